The van der Waals surface area contributed by atoms with Gasteiger partial charge in [0.05, 0.1) is 0 Å². The second-order valence-electron chi connectivity index (χ2n) is 22.0. The topological polar surface area (TPSA) is 78.9 Å². The summed E-state index contributed by atoms with van der Waals surface area (Å²) >= 11 is 0. The lowest BCUT2D eigenvalue weighted by Crippen LogP contribution is -2.30. The molecule has 0 radical (unpaired) electrons. The molecule has 0 fully saturated rings. The lowest BCUT2D eigenvalue weighted by molar-refractivity contribution is -0.167. The summed E-state index contributed by atoms with van der Waals surface area (Å²) in [6.45, 7) is 6.68. The van der Waals surface area contributed by atoms with Gasteiger partial charge in [0, 0.05) is 19.3 Å². The van der Waals surface area contributed by atoms with E-state index in [-0.39, 0.29) is 31.1 Å². The van der Waals surface area contributed by atoms with Crippen LogP contribution in [0.5, 0.6) is 0 Å². The SMILES string of the molecule is CCCCCCCCCC/C=C\CCCCCCCCCCCCCCCCCCCCCC(=O)OCC(COC(=O)CCCCCCCCCCCCC)OC(=O)CCCCCCCCCCCCC. The summed E-state index contributed by atoms with van der Waals surface area (Å²) in [5.74, 6) is -0.839. The normalized spacial score (nSPS) is 12.0. The maximum atomic E-state index is 12.8. The largest absolute Gasteiger partial charge is 0.462 e. The summed E-state index contributed by atoms with van der Waals surface area (Å²) in [6, 6.07) is 0. The Bertz CT molecular complexity index is 1100. The van der Waals surface area contributed by atoms with Crippen LogP contribution in [0.3, 0.4) is 0 Å². The molecule has 0 aromatic carbocycles. The highest BCUT2D eigenvalue weighted by atomic mass is 16.6. The zero-order valence-electron chi connectivity index (χ0n) is 48.3. The molecule has 0 heterocycles. The zero-order valence-corrected chi connectivity index (χ0v) is 48.3. The van der Waals surface area contributed by atoms with Gasteiger partial charge in [0.15, 0.2) is 6.10 Å². The number of carbonyl (C=O) groups excluding carboxylic acids is 3. The average molecular weight is 1000 g/mol. The number of ether oxygens (including phenoxy) is 3. The molecule has 6 heteroatoms. The molecule has 0 saturated heterocycles. The van der Waals surface area contributed by atoms with E-state index in [0.717, 1.165) is 57.8 Å². The highest BCUT2D eigenvalue weighted by Crippen LogP contribution is 2.18. The van der Waals surface area contributed by atoms with Gasteiger partial charge >= 0.3 is 17.9 Å². The maximum Gasteiger partial charge on any atom is 0.306 e. The first-order valence-electron chi connectivity index (χ1n) is 32.2. The van der Waals surface area contributed by atoms with Crippen molar-refractivity contribution in [2.24, 2.45) is 0 Å². The second kappa shape index (κ2) is 60.7. The van der Waals surface area contributed by atoms with Crippen molar-refractivity contribution in [2.75, 3.05) is 13.2 Å². The molecular weight excluding hydrogens is 877 g/mol. The summed E-state index contributed by atoms with van der Waals surface area (Å²) in [6.07, 6.45) is 71.1. The van der Waals surface area contributed by atoms with Crippen LogP contribution in [0.15, 0.2) is 12.2 Å². The Morgan fingerprint density at radius 3 is 0.704 bits per heavy atom. The molecule has 0 aliphatic carbocycles. The lowest BCUT2D eigenvalue weighted by atomic mass is 10.0. The fourth-order valence-electron chi connectivity index (χ4n) is 9.91. The first kappa shape index (κ1) is 69.2. The third kappa shape index (κ3) is 58.9. The van der Waals surface area contributed by atoms with E-state index >= 15 is 0 Å². The summed E-state index contributed by atoms with van der Waals surface area (Å²) in [4.78, 5) is 38.1. The Hall–Kier alpha value is -1.85. The molecule has 0 saturated carbocycles. The number of allylic oxidation sites excluding steroid dienone is 2. The quantitative estimate of drug-likeness (QED) is 0.0261. The van der Waals surface area contributed by atoms with Gasteiger partial charge < -0.3 is 14.2 Å². The van der Waals surface area contributed by atoms with Crippen molar-refractivity contribution in [3.05, 3.63) is 12.2 Å². The Kier molecular flexibility index (Phi) is 59.1. The van der Waals surface area contributed by atoms with Crippen LogP contribution in [0.2, 0.25) is 0 Å². The van der Waals surface area contributed by atoms with Crippen LogP contribution in [0.1, 0.15) is 367 Å². The molecule has 0 N–H and O–H groups in total. The zero-order chi connectivity index (χ0) is 51.4. The van der Waals surface area contributed by atoms with Gasteiger partial charge in [-0.1, -0.05) is 315 Å². The maximum absolute atomic E-state index is 12.8. The molecule has 0 amide bonds. The average Bonchev–Trinajstić information content (AvgIpc) is 3.37. The van der Waals surface area contributed by atoms with E-state index in [1.807, 2.05) is 0 Å². The molecule has 0 rings (SSSR count). The van der Waals surface area contributed by atoms with Gasteiger partial charge in [-0.2, -0.15) is 0 Å². The Morgan fingerprint density at radius 1 is 0.268 bits per heavy atom. The molecule has 420 valence electrons. The molecule has 0 aliphatic rings. The molecule has 0 aromatic heterocycles. The van der Waals surface area contributed by atoms with E-state index in [4.69, 9.17) is 14.2 Å². The number of hydrogen-bond acceptors (Lipinski definition) is 6. The predicted octanol–water partition coefficient (Wildman–Crippen LogP) is 21.7. The molecule has 0 spiro atoms. The standard InChI is InChI=1S/C65H124O6/c1-4-7-10-13-16-19-22-23-24-25-26-27-28-29-30-31-32-33-34-35-36-37-38-39-40-41-44-46-49-52-55-58-64(67)70-61-62(71-65(68)59-56-53-50-47-43-21-18-15-12-9-6-3)60-69-63(66)57-54-51-48-45-42-20-17-14-11-8-5-2/h25-26,62H,4-24,27-61H2,1-3H3/b26-25-. The van der Waals surface area contributed by atoms with Crippen LogP contribution in [0.25, 0.3) is 0 Å². The summed E-state index contributed by atoms with van der Waals surface area (Å²) in [7, 11) is 0. The summed E-state index contributed by atoms with van der Waals surface area (Å²) in [5, 5.41) is 0. The molecule has 0 bridgehead atoms. The fraction of sp³-hybridized carbons (Fsp3) is 0.923. The van der Waals surface area contributed by atoms with Gasteiger partial charge in [-0.25, -0.2) is 0 Å². The van der Waals surface area contributed by atoms with Crippen molar-refractivity contribution in [1.29, 1.82) is 0 Å². The van der Waals surface area contributed by atoms with E-state index in [1.54, 1.807) is 0 Å². The molecule has 0 aliphatic heterocycles. The van der Waals surface area contributed by atoms with Crippen LogP contribution in [0, 0.1) is 0 Å². The smallest absolute Gasteiger partial charge is 0.306 e. The predicted molar refractivity (Wildman–Crippen MR) is 307 cm³/mol. The highest BCUT2D eigenvalue weighted by molar-refractivity contribution is 5.71. The first-order valence-corrected chi connectivity index (χ1v) is 32.2. The highest BCUT2D eigenvalue weighted by Gasteiger charge is 2.19. The van der Waals surface area contributed by atoms with E-state index in [9.17, 15) is 14.4 Å². The Morgan fingerprint density at radius 2 is 0.465 bits per heavy atom. The minimum absolute atomic E-state index is 0.0629. The number of hydrogen-bond donors (Lipinski definition) is 0. The molecule has 0 aromatic rings. The van der Waals surface area contributed by atoms with E-state index in [0.29, 0.717) is 19.3 Å². The summed E-state index contributed by atoms with van der Waals surface area (Å²) in [5.41, 5.74) is 0. The van der Waals surface area contributed by atoms with E-state index in [1.165, 1.54) is 270 Å². The van der Waals surface area contributed by atoms with Crippen molar-refractivity contribution in [3.8, 4) is 0 Å². The second-order valence-corrected chi connectivity index (χ2v) is 22.0. The van der Waals surface area contributed by atoms with Gasteiger partial charge in [0.25, 0.3) is 0 Å². The first-order chi connectivity index (χ1) is 35.0. The van der Waals surface area contributed by atoms with Crippen LogP contribution in [-0.2, 0) is 28.6 Å². The van der Waals surface area contributed by atoms with Gasteiger partial charge in [-0.3, -0.25) is 14.4 Å². The van der Waals surface area contributed by atoms with Crippen molar-refractivity contribution >= 4 is 17.9 Å². The Labute approximate surface area is 443 Å². The third-order valence-electron chi connectivity index (χ3n) is 14.8. The van der Waals surface area contributed by atoms with Gasteiger partial charge in [-0.15, -0.1) is 0 Å². The third-order valence-corrected chi connectivity index (χ3v) is 14.8. The van der Waals surface area contributed by atoms with E-state index < -0.39 is 6.10 Å². The number of rotatable bonds is 60. The minimum Gasteiger partial charge on any atom is -0.462 e. The number of carbonyl (C=O) groups is 3. The number of esters is 3. The molecule has 71 heavy (non-hydrogen) atoms. The van der Waals surface area contributed by atoms with Crippen LogP contribution < -0.4 is 0 Å². The molecular formula is C65H124O6. The van der Waals surface area contributed by atoms with Crippen LogP contribution >= 0.6 is 0 Å². The molecule has 6 nitrogen and oxygen atoms in total. The molecule has 1 unspecified atom stereocenters. The molecule has 1 atom stereocenters. The van der Waals surface area contributed by atoms with Crippen molar-refractivity contribution in [1.82, 2.24) is 0 Å². The fourth-order valence-corrected chi connectivity index (χ4v) is 9.91. The van der Waals surface area contributed by atoms with Gasteiger partial charge in [0.2, 0.25) is 0 Å². The minimum atomic E-state index is -0.762. The monoisotopic (exact) mass is 1000 g/mol. The van der Waals surface area contributed by atoms with Gasteiger partial charge in [-0.05, 0) is 44.9 Å². The lowest BCUT2D eigenvalue weighted by Gasteiger charge is -2.18. The Balaban J connectivity index is 3.99. The van der Waals surface area contributed by atoms with Crippen LogP contribution in [-0.4, -0.2) is 37.2 Å². The van der Waals surface area contributed by atoms with Crippen molar-refractivity contribution in [3.63, 3.8) is 0 Å². The van der Waals surface area contributed by atoms with Gasteiger partial charge in [0.1, 0.15) is 13.2 Å². The summed E-state index contributed by atoms with van der Waals surface area (Å²) < 4.78 is 16.9. The van der Waals surface area contributed by atoms with Crippen molar-refractivity contribution < 1.29 is 28.6 Å². The van der Waals surface area contributed by atoms with E-state index in [2.05, 4.69) is 32.9 Å². The number of unbranched alkanes of at least 4 members (excludes halogenated alkanes) is 47. The van der Waals surface area contributed by atoms with Crippen molar-refractivity contribution in [2.45, 2.75) is 374 Å². The van der Waals surface area contributed by atoms with Crippen LogP contribution in [0.4, 0.5) is 0 Å².